The summed E-state index contributed by atoms with van der Waals surface area (Å²) in [4.78, 5) is 0. The van der Waals surface area contributed by atoms with Gasteiger partial charge in [-0.1, -0.05) is 50.8 Å². The van der Waals surface area contributed by atoms with Gasteiger partial charge in [0.1, 0.15) is 11.9 Å². The monoisotopic (exact) mass is 258 g/mol. The Hall–Kier alpha value is -0.980. The van der Waals surface area contributed by atoms with E-state index in [1.165, 1.54) is 56.9 Å². The Bertz CT molecular complexity index is 404. The lowest BCUT2D eigenvalue weighted by Crippen LogP contribution is -2.33. The molecule has 1 unspecified atom stereocenters. The van der Waals surface area contributed by atoms with Crippen LogP contribution in [-0.4, -0.2) is 6.10 Å². The first-order chi connectivity index (χ1) is 9.36. The SMILES string of the molecule is CCCC1CCC(C2CCc3ccccc3O2)CC1. The smallest absolute Gasteiger partial charge is 0.122 e. The Balaban J connectivity index is 1.57. The van der Waals surface area contributed by atoms with Crippen LogP contribution in [0.5, 0.6) is 5.75 Å². The average Bonchev–Trinajstić information content (AvgIpc) is 2.48. The van der Waals surface area contributed by atoms with Gasteiger partial charge in [-0.15, -0.1) is 0 Å². The van der Waals surface area contributed by atoms with Crippen molar-refractivity contribution >= 4 is 0 Å². The van der Waals surface area contributed by atoms with Gasteiger partial charge in [-0.25, -0.2) is 0 Å². The molecular weight excluding hydrogens is 232 g/mol. The van der Waals surface area contributed by atoms with Crippen LogP contribution in [0.15, 0.2) is 24.3 Å². The summed E-state index contributed by atoms with van der Waals surface area (Å²) in [6.45, 7) is 2.31. The zero-order chi connectivity index (χ0) is 13.1. The first-order valence-electron chi connectivity index (χ1n) is 8.11. The molecule has 0 N–H and O–H groups in total. The fraction of sp³-hybridized carbons (Fsp3) is 0.667. The molecule has 3 rings (SSSR count). The Kier molecular flexibility index (Phi) is 4.10. The summed E-state index contributed by atoms with van der Waals surface area (Å²) in [5.41, 5.74) is 1.40. The van der Waals surface area contributed by atoms with Crippen molar-refractivity contribution in [1.29, 1.82) is 0 Å². The molecular formula is C18H26O. The summed E-state index contributed by atoms with van der Waals surface area (Å²) < 4.78 is 6.27. The van der Waals surface area contributed by atoms with Gasteiger partial charge < -0.3 is 4.74 Å². The third kappa shape index (κ3) is 2.96. The highest BCUT2D eigenvalue weighted by molar-refractivity contribution is 5.35. The van der Waals surface area contributed by atoms with E-state index in [9.17, 15) is 0 Å². The van der Waals surface area contributed by atoms with Crippen molar-refractivity contribution < 1.29 is 4.74 Å². The molecule has 1 aromatic carbocycles. The van der Waals surface area contributed by atoms with Gasteiger partial charge in [-0.3, -0.25) is 0 Å². The third-order valence-corrected chi connectivity index (χ3v) is 5.06. The van der Waals surface area contributed by atoms with Crippen molar-refractivity contribution in [3.63, 3.8) is 0 Å². The average molecular weight is 258 g/mol. The molecule has 0 radical (unpaired) electrons. The molecule has 19 heavy (non-hydrogen) atoms. The number of fused-ring (bicyclic) bond motifs is 1. The second-order valence-electron chi connectivity index (χ2n) is 6.37. The van der Waals surface area contributed by atoms with Crippen LogP contribution < -0.4 is 4.74 Å². The molecule has 0 saturated heterocycles. The van der Waals surface area contributed by atoms with Gasteiger partial charge in [0.25, 0.3) is 0 Å². The molecule has 104 valence electrons. The maximum atomic E-state index is 6.27. The summed E-state index contributed by atoms with van der Waals surface area (Å²) >= 11 is 0. The van der Waals surface area contributed by atoms with Crippen molar-refractivity contribution in [3.8, 4) is 5.75 Å². The molecule has 0 bridgehead atoms. The molecule has 1 fully saturated rings. The highest BCUT2D eigenvalue weighted by Gasteiger charge is 2.30. The lowest BCUT2D eigenvalue weighted by atomic mass is 9.76. The van der Waals surface area contributed by atoms with Crippen LogP contribution in [0.3, 0.4) is 0 Å². The molecule has 1 aromatic rings. The highest BCUT2D eigenvalue weighted by Crippen LogP contribution is 2.38. The number of ether oxygens (including phenoxy) is 1. The van der Waals surface area contributed by atoms with Gasteiger partial charge >= 0.3 is 0 Å². The van der Waals surface area contributed by atoms with E-state index in [0.717, 1.165) is 17.6 Å². The van der Waals surface area contributed by atoms with Crippen LogP contribution in [0, 0.1) is 11.8 Å². The molecule has 1 heterocycles. The van der Waals surface area contributed by atoms with Gasteiger partial charge in [-0.2, -0.15) is 0 Å². The molecule has 1 aliphatic carbocycles. The van der Waals surface area contributed by atoms with Crippen LogP contribution in [-0.2, 0) is 6.42 Å². The molecule has 0 aromatic heterocycles. The standard InChI is InChI=1S/C18H26O/c1-2-5-14-8-10-16(11-9-14)18-13-12-15-6-3-4-7-17(15)19-18/h3-4,6-7,14,16,18H,2,5,8-13H2,1H3. The van der Waals surface area contributed by atoms with Crippen molar-refractivity contribution in [1.82, 2.24) is 0 Å². The Morgan fingerprint density at radius 3 is 2.63 bits per heavy atom. The molecule has 1 aliphatic heterocycles. The number of hydrogen-bond acceptors (Lipinski definition) is 1. The van der Waals surface area contributed by atoms with Crippen LogP contribution in [0.2, 0.25) is 0 Å². The number of hydrogen-bond donors (Lipinski definition) is 0. The first kappa shape index (κ1) is 13.0. The summed E-state index contributed by atoms with van der Waals surface area (Å²) in [6.07, 6.45) is 11.3. The van der Waals surface area contributed by atoms with Crippen LogP contribution in [0.1, 0.15) is 57.4 Å². The van der Waals surface area contributed by atoms with Crippen LogP contribution >= 0.6 is 0 Å². The Morgan fingerprint density at radius 2 is 1.84 bits per heavy atom. The summed E-state index contributed by atoms with van der Waals surface area (Å²) in [5, 5.41) is 0. The maximum absolute atomic E-state index is 6.27. The van der Waals surface area contributed by atoms with E-state index in [1.54, 1.807) is 0 Å². The van der Waals surface area contributed by atoms with E-state index in [4.69, 9.17) is 4.74 Å². The number of para-hydroxylation sites is 1. The molecule has 0 spiro atoms. The first-order valence-corrected chi connectivity index (χ1v) is 8.11. The zero-order valence-corrected chi connectivity index (χ0v) is 12.1. The van der Waals surface area contributed by atoms with E-state index >= 15 is 0 Å². The quantitative estimate of drug-likeness (QED) is 0.742. The lowest BCUT2D eigenvalue weighted by Gasteiger charge is -2.36. The molecule has 1 atom stereocenters. The fourth-order valence-electron chi connectivity index (χ4n) is 3.93. The number of aryl methyl sites for hydroxylation is 1. The van der Waals surface area contributed by atoms with Crippen molar-refractivity contribution in [3.05, 3.63) is 29.8 Å². The fourth-order valence-corrected chi connectivity index (χ4v) is 3.93. The summed E-state index contributed by atoms with van der Waals surface area (Å²) in [5.74, 6) is 2.95. The molecule has 1 saturated carbocycles. The normalized spacial score (nSPS) is 30.5. The summed E-state index contributed by atoms with van der Waals surface area (Å²) in [6, 6.07) is 8.58. The minimum atomic E-state index is 0.484. The van der Waals surface area contributed by atoms with E-state index in [-0.39, 0.29) is 0 Å². The molecule has 1 heteroatoms. The topological polar surface area (TPSA) is 9.23 Å². The van der Waals surface area contributed by atoms with E-state index in [2.05, 4.69) is 31.2 Å². The van der Waals surface area contributed by atoms with E-state index < -0.39 is 0 Å². The molecule has 1 nitrogen and oxygen atoms in total. The minimum Gasteiger partial charge on any atom is -0.490 e. The second-order valence-corrected chi connectivity index (χ2v) is 6.37. The van der Waals surface area contributed by atoms with Gasteiger partial charge in [0.2, 0.25) is 0 Å². The largest absolute Gasteiger partial charge is 0.490 e. The third-order valence-electron chi connectivity index (χ3n) is 5.06. The van der Waals surface area contributed by atoms with Gasteiger partial charge in [0, 0.05) is 0 Å². The zero-order valence-electron chi connectivity index (χ0n) is 12.1. The van der Waals surface area contributed by atoms with Gasteiger partial charge in [0.15, 0.2) is 0 Å². The Labute approximate surface area is 117 Å². The second kappa shape index (κ2) is 5.98. The predicted octanol–water partition coefficient (Wildman–Crippen LogP) is 4.99. The number of rotatable bonds is 3. The van der Waals surface area contributed by atoms with Crippen LogP contribution in [0.25, 0.3) is 0 Å². The molecule has 2 aliphatic rings. The number of benzene rings is 1. The van der Waals surface area contributed by atoms with Crippen molar-refractivity contribution in [2.24, 2.45) is 11.8 Å². The summed E-state index contributed by atoms with van der Waals surface area (Å²) in [7, 11) is 0. The van der Waals surface area contributed by atoms with Crippen molar-refractivity contribution in [2.75, 3.05) is 0 Å². The van der Waals surface area contributed by atoms with Crippen LogP contribution in [0.4, 0.5) is 0 Å². The van der Waals surface area contributed by atoms with Gasteiger partial charge in [0.05, 0.1) is 0 Å². The predicted molar refractivity (Wildman–Crippen MR) is 79.5 cm³/mol. The van der Waals surface area contributed by atoms with Gasteiger partial charge in [-0.05, 0) is 49.1 Å². The van der Waals surface area contributed by atoms with E-state index in [0.29, 0.717) is 6.10 Å². The lowest BCUT2D eigenvalue weighted by molar-refractivity contribution is 0.0758. The van der Waals surface area contributed by atoms with E-state index in [1.807, 2.05) is 0 Å². The van der Waals surface area contributed by atoms with Crippen molar-refractivity contribution in [2.45, 2.75) is 64.4 Å². The minimum absolute atomic E-state index is 0.484. The Morgan fingerprint density at radius 1 is 1.05 bits per heavy atom. The maximum Gasteiger partial charge on any atom is 0.122 e. The molecule has 0 amide bonds. The highest BCUT2D eigenvalue weighted by atomic mass is 16.5.